The summed E-state index contributed by atoms with van der Waals surface area (Å²) in [6.07, 6.45) is 0. The number of benzene rings is 2. The van der Waals surface area contributed by atoms with E-state index in [0.717, 1.165) is 0 Å². The lowest BCUT2D eigenvalue weighted by molar-refractivity contribution is -0.120. The van der Waals surface area contributed by atoms with Crippen molar-refractivity contribution in [3.05, 3.63) is 57.5 Å². The second-order valence-corrected chi connectivity index (χ2v) is 5.98. The summed E-state index contributed by atoms with van der Waals surface area (Å²) in [6, 6.07) is 11.5. The van der Waals surface area contributed by atoms with Gasteiger partial charge in [-0.3, -0.25) is 9.59 Å². The molecule has 0 saturated carbocycles. The van der Waals surface area contributed by atoms with Crippen LogP contribution in [0.1, 0.15) is 6.92 Å². The molecular formula is C16H13Cl3N2O2. The Bertz CT molecular complexity index is 712. The van der Waals surface area contributed by atoms with Gasteiger partial charge in [-0.05, 0) is 36.4 Å². The predicted octanol–water partition coefficient (Wildman–Crippen LogP) is 4.64. The van der Waals surface area contributed by atoms with E-state index in [2.05, 4.69) is 5.32 Å². The zero-order chi connectivity index (χ0) is 17.0. The molecule has 0 radical (unpaired) electrons. The zero-order valence-corrected chi connectivity index (χ0v) is 14.4. The molecule has 2 amide bonds. The molecular weight excluding hydrogens is 359 g/mol. The molecule has 1 N–H and O–H groups in total. The van der Waals surface area contributed by atoms with Crippen molar-refractivity contribution in [1.29, 1.82) is 0 Å². The molecule has 2 aromatic rings. The van der Waals surface area contributed by atoms with Gasteiger partial charge in [0.1, 0.15) is 6.54 Å². The highest BCUT2D eigenvalue weighted by Crippen LogP contribution is 2.33. The zero-order valence-electron chi connectivity index (χ0n) is 12.1. The average Bonchev–Trinajstić information content (AvgIpc) is 2.48. The Kier molecular flexibility index (Phi) is 5.88. The van der Waals surface area contributed by atoms with Crippen molar-refractivity contribution in [2.45, 2.75) is 6.92 Å². The third-order valence-corrected chi connectivity index (χ3v) is 3.88. The fourth-order valence-corrected chi connectivity index (χ4v) is 2.70. The fourth-order valence-electron chi connectivity index (χ4n) is 1.97. The van der Waals surface area contributed by atoms with Crippen LogP contribution < -0.4 is 10.2 Å². The number of nitrogens with zero attached hydrogens (tertiary/aromatic N) is 1. The Morgan fingerprint density at radius 2 is 1.57 bits per heavy atom. The summed E-state index contributed by atoms with van der Waals surface area (Å²) in [5.41, 5.74) is 0.891. The summed E-state index contributed by atoms with van der Waals surface area (Å²) in [6.45, 7) is 1.14. The van der Waals surface area contributed by atoms with Crippen LogP contribution in [-0.4, -0.2) is 18.4 Å². The van der Waals surface area contributed by atoms with Crippen molar-refractivity contribution in [2.75, 3.05) is 16.8 Å². The Morgan fingerprint density at radius 3 is 2.09 bits per heavy atom. The van der Waals surface area contributed by atoms with Crippen LogP contribution in [0.15, 0.2) is 42.5 Å². The largest absolute Gasteiger partial charge is 0.325 e. The molecule has 120 valence electrons. The number of carbonyl (C=O) groups is 2. The van der Waals surface area contributed by atoms with Crippen LogP contribution in [-0.2, 0) is 9.59 Å². The van der Waals surface area contributed by atoms with Gasteiger partial charge in [-0.25, -0.2) is 0 Å². The van der Waals surface area contributed by atoms with E-state index < -0.39 is 0 Å². The first-order chi connectivity index (χ1) is 10.9. The number of halogens is 3. The minimum atomic E-state index is -0.376. The normalized spacial score (nSPS) is 10.3. The van der Waals surface area contributed by atoms with Gasteiger partial charge in [0.25, 0.3) is 0 Å². The van der Waals surface area contributed by atoms with Crippen molar-refractivity contribution < 1.29 is 9.59 Å². The van der Waals surface area contributed by atoms with E-state index in [9.17, 15) is 9.59 Å². The summed E-state index contributed by atoms with van der Waals surface area (Å²) in [5.74, 6) is -0.718. The second kappa shape index (κ2) is 7.68. The van der Waals surface area contributed by atoms with E-state index in [1.807, 2.05) is 0 Å². The van der Waals surface area contributed by atoms with Crippen molar-refractivity contribution in [3.63, 3.8) is 0 Å². The Hall–Kier alpha value is -1.75. The summed E-state index contributed by atoms with van der Waals surface area (Å²) < 4.78 is 0. The van der Waals surface area contributed by atoms with Gasteiger partial charge in [0.05, 0.1) is 15.7 Å². The summed E-state index contributed by atoms with van der Waals surface area (Å²) >= 11 is 18.0. The lowest BCUT2D eigenvalue weighted by Crippen LogP contribution is -2.37. The monoisotopic (exact) mass is 370 g/mol. The number of carbonyl (C=O) groups excluding carboxylic acids is 2. The molecule has 7 heteroatoms. The summed E-state index contributed by atoms with van der Waals surface area (Å²) in [7, 11) is 0. The first-order valence-electron chi connectivity index (χ1n) is 6.66. The number of nitrogens with one attached hydrogen (secondary N) is 1. The van der Waals surface area contributed by atoms with E-state index >= 15 is 0 Å². The highest BCUT2D eigenvalue weighted by Gasteiger charge is 2.21. The minimum absolute atomic E-state index is 0.207. The van der Waals surface area contributed by atoms with Crippen molar-refractivity contribution >= 4 is 58.0 Å². The second-order valence-electron chi connectivity index (χ2n) is 4.73. The maximum Gasteiger partial charge on any atom is 0.244 e. The van der Waals surface area contributed by atoms with Gasteiger partial charge in [0.15, 0.2) is 0 Å². The van der Waals surface area contributed by atoms with Crippen LogP contribution >= 0.6 is 34.8 Å². The highest BCUT2D eigenvalue weighted by atomic mass is 35.5. The number of anilines is 2. The minimum Gasteiger partial charge on any atom is -0.325 e. The number of amides is 2. The highest BCUT2D eigenvalue weighted by molar-refractivity contribution is 6.40. The van der Waals surface area contributed by atoms with Gasteiger partial charge in [-0.15, -0.1) is 0 Å². The Labute approximate surface area is 148 Å². The molecule has 4 nitrogen and oxygen atoms in total. The molecule has 0 saturated heterocycles. The number of para-hydroxylation sites is 1. The van der Waals surface area contributed by atoms with Crippen LogP contribution in [0.3, 0.4) is 0 Å². The van der Waals surface area contributed by atoms with Crippen molar-refractivity contribution in [3.8, 4) is 0 Å². The molecule has 0 aliphatic heterocycles. The number of hydrogen-bond donors (Lipinski definition) is 1. The molecule has 23 heavy (non-hydrogen) atoms. The Morgan fingerprint density at radius 1 is 1.00 bits per heavy atom. The van der Waals surface area contributed by atoms with Gasteiger partial charge in [0.2, 0.25) is 11.8 Å². The fraction of sp³-hybridized carbons (Fsp3) is 0.125. The Balaban J connectivity index is 2.18. The van der Waals surface area contributed by atoms with Crippen LogP contribution in [0.5, 0.6) is 0 Å². The third kappa shape index (κ3) is 4.61. The molecule has 0 spiro atoms. The molecule has 0 unspecified atom stereocenters. The summed E-state index contributed by atoms with van der Waals surface area (Å²) in [4.78, 5) is 25.3. The van der Waals surface area contributed by atoms with Crippen molar-refractivity contribution in [2.24, 2.45) is 0 Å². The van der Waals surface area contributed by atoms with Gasteiger partial charge < -0.3 is 10.2 Å². The first kappa shape index (κ1) is 17.6. The van der Waals surface area contributed by atoms with Gasteiger partial charge in [-0.2, -0.15) is 0 Å². The number of hydrogen-bond acceptors (Lipinski definition) is 2. The van der Waals surface area contributed by atoms with Crippen LogP contribution in [0.2, 0.25) is 15.1 Å². The molecule has 0 atom stereocenters. The third-order valence-electron chi connectivity index (χ3n) is 3.02. The van der Waals surface area contributed by atoms with Gasteiger partial charge in [0, 0.05) is 17.6 Å². The molecule has 0 aliphatic carbocycles. The lowest BCUT2D eigenvalue weighted by atomic mass is 10.2. The quantitative estimate of drug-likeness (QED) is 0.851. The average molecular weight is 372 g/mol. The predicted molar refractivity (Wildman–Crippen MR) is 94.6 cm³/mol. The standard InChI is InChI=1S/C16H13Cl3N2O2/c1-10(22)21(16-13(18)3-2-4-14(16)19)9-15(23)20-12-7-5-11(17)6-8-12/h2-8H,9H2,1H3,(H,20,23). The molecule has 0 aliphatic rings. The van der Waals surface area contributed by atoms with E-state index in [4.69, 9.17) is 34.8 Å². The van der Waals surface area contributed by atoms with Crippen LogP contribution in [0.4, 0.5) is 11.4 Å². The lowest BCUT2D eigenvalue weighted by Gasteiger charge is -2.23. The molecule has 2 aromatic carbocycles. The smallest absolute Gasteiger partial charge is 0.244 e. The maximum atomic E-state index is 12.2. The van der Waals surface area contributed by atoms with Crippen LogP contribution in [0, 0.1) is 0 Å². The molecule has 0 fully saturated rings. The van der Waals surface area contributed by atoms with Crippen molar-refractivity contribution in [1.82, 2.24) is 0 Å². The maximum absolute atomic E-state index is 12.2. The molecule has 0 heterocycles. The summed E-state index contributed by atoms with van der Waals surface area (Å²) in [5, 5.41) is 3.85. The van der Waals surface area contributed by atoms with E-state index in [1.165, 1.54) is 11.8 Å². The van der Waals surface area contributed by atoms with E-state index in [-0.39, 0.29) is 18.4 Å². The molecule has 0 aromatic heterocycles. The van der Waals surface area contributed by atoms with Gasteiger partial charge in [-0.1, -0.05) is 40.9 Å². The van der Waals surface area contributed by atoms with Gasteiger partial charge >= 0.3 is 0 Å². The molecule has 2 rings (SSSR count). The topological polar surface area (TPSA) is 49.4 Å². The number of rotatable bonds is 4. The van der Waals surface area contributed by atoms with E-state index in [0.29, 0.717) is 26.4 Å². The first-order valence-corrected chi connectivity index (χ1v) is 7.79. The van der Waals surface area contributed by atoms with E-state index in [1.54, 1.807) is 42.5 Å². The SMILES string of the molecule is CC(=O)N(CC(=O)Nc1ccc(Cl)cc1)c1c(Cl)cccc1Cl. The molecule has 0 bridgehead atoms. The van der Waals surface area contributed by atoms with Crippen LogP contribution in [0.25, 0.3) is 0 Å².